The largest absolute Gasteiger partial charge is 0.389 e. The highest BCUT2D eigenvalue weighted by molar-refractivity contribution is 7.80. The maximum atomic E-state index is 12.0. The minimum absolute atomic E-state index is 0.241. The van der Waals surface area contributed by atoms with Gasteiger partial charge in [0.1, 0.15) is 4.99 Å². The summed E-state index contributed by atoms with van der Waals surface area (Å²) in [5, 5.41) is 0. The normalized spacial score (nSPS) is 16.4. The topological polar surface area (TPSA) is 46.3 Å². The molecule has 0 atom stereocenters. The van der Waals surface area contributed by atoms with Crippen LogP contribution in [0.15, 0.2) is 24.3 Å². The van der Waals surface area contributed by atoms with Crippen LogP contribution >= 0.6 is 12.2 Å². The molecule has 0 spiro atoms. The predicted octanol–water partition coefficient (Wildman–Crippen LogP) is 2.22. The molecule has 1 amide bonds. The van der Waals surface area contributed by atoms with Crippen molar-refractivity contribution in [2.75, 3.05) is 6.54 Å². The van der Waals surface area contributed by atoms with Crippen LogP contribution in [-0.4, -0.2) is 22.3 Å². The fourth-order valence-electron chi connectivity index (χ4n) is 2.31. The zero-order valence-corrected chi connectivity index (χ0v) is 11.2. The number of carbonyl (C=O) groups is 1. The highest BCUT2D eigenvalue weighted by Crippen LogP contribution is 2.17. The molecule has 0 aromatic heterocycles. The molecule has 2 rings (SSSR count). The molecule has 0 aliphatic carbocycles. The van der Waals surface area contributed by atoms with Crippen LogP contribution in [0.5, 0.6) is 0 Å². The van der Waals surface area contributed by atoms with Crippen molar-refractivity contribution in [3.63, 3.8) is 0 Å². The first-order valence-corrected chi connectivity index (χ1v) is 6.75. The van der Waals surface area contributed by atoms with E-state index < -0.39 is 0 Å². The minimum atomic E-state index is 0.241. The van der Waals surface area contributed by atoms with E-state index in [-0.39, 0.29) is 5.91 Å². The third kappa shape index (κ3) is 3.07. The zero-order valence-electron chi connectivity index (χ0n) is 10.4. The number of nitrogens with zero attached hydrogens (tertiary/aromatic N) is 1. The SMILES string of the molecule is NC(=S)c1ccccc1CN1CCCCCC1=O. The molecule has 3 nitrogen and oxygen atoms in total. The van der Waals surface area contributed by atoms with E-state index >= 15 is 0 Å². The first kappa shape index (κ1) is 13.0. The predicted molar refractivity (Wildman–Crippen MR) is 76.2 cm³/mol. The number of hydrogen-bond acceptors (Lipinski definition) is 2. The second-order valence-corrected chi connectivity index (χ2v) is 5.09. The molecule has 1 aromatic rings. The van der Waals surface area contributed by atoms with Crippen LogP contribution in [-0.2, 0) is 11.3 Å². The Hall–Kier alpha value is -1.42. The zero-order chi connectivity index (χ0) is 13.0. The van der Waals surface area contributed by atoms with Gasteiger partial charge in [0.25, 0.3) is 0 Å². The third-order valence-corrected chi connectivity index (χ3v) is 3.54. The van der Waals surface area contributed by atoms with Crippen LogP contribution in [0.3, 0.4) is 0 Å². The summed E-state index contributed by atoms with van der Waals surface area (Å²) in [5.41, 5.74) is 7.63. The third-order valence-electron chi connectivity index (χ3n) is 3.32. The van der Waals surface area contributed by atoms with Gasteiger partial charge in [-0.3, -0.25) is 4.79 Å². The molecular formula is C14H18N2OS. The van der Waals surface area contributed by atoms with Gasteiger partial charge in [-0.1, -0.05) is 42.9 Å². The number of hydrogen-bond donors (Lipinski definition) is 1. The number of rotatable bonds is 3. The van der Waals surface area contributed by atoms with E-state index in [1.165, 1.54) is 0 Å². The van der Waals surface area contributed by atoms with E-state index in [0.717, 1.165) is 36.9 Å². The van der Waals surface area contributed by atoms with E-state index in [2.05, 4.69) is 0 Å². The van der Waals surface area contributed by atoms with Crippen LogP contribution in [0.2, 0.25) is 0 Å². The van der Waals surface area contributed by atoms with Gasteiger partial charge in [0.2, 0.25) is 5.91 Å². The molecule has 0 unspecified atom stereocenters. The summed E-state index contributed by atoms with van der Waals surface area (Å²) in [6.45, 7) is 1.46. The maximum Gasteiger partial charge on any atom is 0.222 e. The molecule has 1 saturated heterocycles. The van der Waals surface area contributed by atoms with Crippen LogP contribution < -0.4 is 5.73 Å². The molecule has 1 aromatic carbocycles. The van der Waals surface area contributed by atoms with Gasteiger partial charge in [-0.25, -0.2) is 0 Å². The quantitative estimate of drug-likeness (QED) is 0.850. The summed E-state index contributed by atoms with van der Waals surface area (Å²) in [7, 11) is 0. The van der Waals surface area contributed by atoms with Crippen LogP contribution in [0.25, 0.3) is 0 Å². The molecule has 0 bridgehead atoms. The second-order valence-electron chi connectivity index (χ2n) is 4.65. The Kier molecular flexibility index (Phi) is 4.31. The average molecular weight is 262 g/mol. The molecular weight excluding hydrogens is 244 g/mol. The van der Waals surface area contributed by atoms with E-state index in [1.54, 1.807) is 0 Å². The van der Waals surface area contributed by atoms with Gasteiger partial charge in [-0.05, 0) is 18.4 Å². The van der Waals surface area contributed by atoms with Gasteiger partial charge in [0.05, 0.1) is 0 Å². The van der Waals surface area contributed by atoms with Crippen molar-refractivity contribution in [2.24, 2.45) is 5.73 Å². The summed E-state index contributed by atoms with van der Waals surface area (Å²) < 4.78 is 0. The van der Waals surface area contributed by atoms with Crippen molar-refractivity contribution < 1.29 is 4.79 Å². The summed E-state index contributed by atoms with van der Waals surface area (Å²) >= 11 is 5.05. The lowest BCUT2D eigenvalue weighted by atomic mass is 10.1. The molecule has 4 heteroatoms. The van der Waals surface area contributed by atoms with Gasteiger partial charge >= 0.3 is 0 Å². The molecule has 0 saturated carbocycles. The first-order chi connectivity index (χ1) is 8.68. The molecule has 2 N–H and O–H groups in total. The lowest BCUT2D eigenvalue weighted by Crippen LogP contribution is -2.30. The highest BCUT2D eigenvalue weighted by Gasteiger charge is 2.18. The van der Waals surface area contributed by atoms with Crippen molar-refractivity contribution in [3.05, 3.63) is 35.4 Å². The second kappa shape index (κ2) is 5.96. The average Bonchev–Trinajstić information content (AvgIpc) is 2.55. The van der Waals surface area contributed by atoms with E-state index in [9.17, 15) is 4.79 Å². The highest BCUT2D eigenvalue weighted by atomic mass is 32.1. The van der Waals surface area contributed by atoms with Crippen LogP contribution in [0, 0.1) is 0 Å². The fourth-order valence-corrected chi connectivity index (χ4v) is 2.51. The fraction of sp³-hybridized carbons (Fsp3) is 0.429. The van der Waals surface area contributed by atoms with Gasteiger partial charge in [0.15, 0.2) is 0 Å². The summed E-state index contributed by atoms with van der Waals surface area (Å²) in [6, 6.07) is 7.79. The number of carbonyl (C=O) groups excluding carboxylic acids is 1. The lowest BCUT2D eigenvalue weighted by Gasteiger charge is -2.22. The van der Waals surface area contributed by atoms with Gasteiger partial charge < -0.3 is 10.6 Å². The monoisotopic (exact) mass is 262 g/mol. The Balaban J connectivity index is 2.17. The molecule has 96 valence electrons. The van der Waals surface area contributed by atoms with Gasteiger partial charge in [-0.2, -0.15) is 0 Å². The molecule has 1 aliphatic heterocycles. The number of thiocarbonyl (C=S) groups is 1. The Morgan fingerprint density at radius 3 is 2.83 bits per heavy atom. The molecule has 1 aliphatic rings. The smallest absolute Gasteiger partial charge is 0.222 e. The molecule has 1 heterocycles. The number of benzene rings is 1. The minimum Gasteiger partial charge on any atom is -0.389 e. The van der Waals surface area contributed by atoms with Crippen molar-refractivity contribution in [1.82, 2.24) is 4.90 Å². The molecule has 18 heavy (non-hydrogen) atoms. The van der Waals surface area contributed by atoms with Crippen LogP contribution in [0.4, 0.5) is 0 Å². The maximum absolute atomic E-state index is 12.0. The molecule has 0 radical (unpaired) electrons. The summed E-state index contributed by atoms with van der Waals surface area (Å²) in [6.07, 6.45) is 3.89. The van der Waals surface area contributed by atoms with Crippen molar-refractivity contribution >= 4 is 23.1 Å². The van der Waals surface area contributed by atoms with Crippen molar-refractivity contribution in [2.45, 2.75) is 32.2 Å². The van der Waals surface area contributed by atoms with Crippen LogP contribution in [0.1, 0.15) is 36.8 Å². The Morgan fingerprint density at radius 1 is 1.28 bits per heavy atom. The first-order valence-electron chi connectivity index (χ1n) is 6.34. The van der Waals surface area contributed by atoms with Crippen molar-refractivity contribution in [3.8, 4) is 0 Å². The number of amides is 1. The summed E-state index contributed by atoms with van der Waals surface area (Å²) in [5.74, 6) is 0.241. The Bertz CT molecular complexity index is 459. The Labute approximate surface area is 113 Å². The lowest BCUT2D eigenvalue weighted by molar-refractivity contribution is -0.131. The number of nitrogens with two attached hydrogens (primary N) is 1. The molecule has 1 fully saturated rings. The van der Waals surface area contributed by atoms with Gasteiger partial charge in [0, 0.05) is 25.1 Å². The van der Waals surface area contributed by atoms with E-state index in [0.29, 0.717) is 18.0 Å². The van der Waals surface area contributed by atoms with Gasteiger partial charge in [-0.15, -0.1) is 0 Å². The standard InChI is InChI=1S/C14H18N2OS/c15-14(18)12-7-4-3-6-11(12)10-16-9-5-1-2-8-13(16)17/h3-4,6-7H,1-2,5,8-10H2,(H2,15,18). The van der Waals surface area contributed by atoms with Crippen molar-refractivity contribution in [1.29, 1.82) is 0 Å². The van der Waals surface area contributed by atoms with E-state index in [1.807, 2.05) is 29.2 Å². The number of likely N-dealkylation sites (tertiary alicyclic amines) is 1. The Morgan fingerprint density at radius 2 is 2.06 bits per heavy atom. The summed E-state index contributed by atoms with van der Waals surface area (Å²) in [4.78, 5) is 14.3. The van der Waals surface area contributed by atoms with E-state index in [4.69, 9.17) is 18.0 Å².